The number of hydrogen-bond donors (Lipinski definition) is 1. The molecule has 3 aromatic rings. The molecule has 4 bridgehead atoms. The van der Waals surface area contributed by atoms with Crippen LogP contribution < -0.4 is 9.46 Å². The highest BCUT2D eigenvalue weighted by Crippen LogP contribution is 2.43. The molecule has 2 unspecified atom stereocenters. The van der Waals surface area contributed by atoms with Crippen molar-refractivity contribution >= 4 is 21.9 Å². The summed E-state index contributed by atoms with van der Waals surface area (Å²) in [5.41, 5.74) is 4.31. The van der Waals surface area contributed by atoms with Gasteiger partial charge in [0.1, 0.15) is 0 Å². The molecule has 1 fully saturated rings. The van der Waals surface area contributed by atoms with Gasteiger partial charge >= 0.3 is 0 Å². The summed E-state index contributed by atoms with van der Waals surface area (Å²) in [5.74, 6) is -0.213. The van der Waals surface area contributed by atoms with E-state index < -0.39 is 10.0 Å². The SMILES string of the molecule is Cc1cccc(C)c1-c1cc2nc(n1)NS(=O)(=O)c1cccc(c1)C(C1CCCN(C)C1=O)[C@H](CC(C)(C)C)CO2. The minimum absolute atomic E-state index is 0.0425. The van der Waals surface area contributed by atoms with E-state index in [4.69, 9.17) is 4.74 Å². The molecule has 3 atom stereocenters. The molecule has 5 rings (SSSR count). The first-order valence-electron chi connectivity index (χ1n) is 14.3. The maximum Gasteiger partial charge on any atom is 0.264 e. The van der Waals surface area contributed by atoms with Crippen LogP contribution in [0.4, 0.5) is 5.95 Å². The van der Waals surface area contributed by atoms with Crippen LogP contribution in [0.15, 0.2) is 53.4 Å². The number of amides is 1. The Hall–Kier alpha value is -3.46. The number of ether oxygens (including phenoxy) is 1. The molecule has 8 nitrogen and oxygen atoms in total. The summed E-state index contributed by atoms with van der Waals surface area (Å²) in [7, 11) is -2.17. The highest BCUT2D eigenvalue weighted by atomic mass is 32.2. The topological polar surface area (TPSA) is 101 Å². The Labute approximate surface area is 243 Å². The van der Waals surface area contributed by atoms with Gasteiger partial charge in [0.15, 0.2) is 0 Å². The predicted octanol–water partition coefficient (Wildman–Crippen LogP) is 5.96. The molecule has 218 valence electrons. The standard InChI is InChI=1S/C32H40N4O4S/c1-20-10-7-11-21(2)28(20)26-17-27-34-31(33-26)35-41(38,39)24-13-8-12-22(16-24)29(23(19-40-27)18-32(3,4)5)25-14-9-15-36(6)30(25)37/h7-8,10-13,16-17,23,25,29H,9,14-15,18-19H2,1-6H3,(H,33,34,35)/t23-,25?,29?/m1/s1. The van der Waals surface area contributed by atoms with Crippen molar-refractivity contribution in [2.24, 2.45) is 17.3 Å². The van der Waals surface area contributed by atoms with E-state index in [0.29, 0.717) is 18.2 Å². The Bertz CT molecular complexity index is 1540. The Morgan fingerprint density at radius 2 is 1.76 bits per heavy atom. The molecular weight excluding hydrogens is 536 g/mol. The molecule has 1 amide bonds. The number of hydrogen-bond acceptors (Lipinski definition) is 6. The second-order valence-corrected chi connectivity index (χ2v) is 14.4. The summed E-state index contributed by atoms with van der Waals surface area (Å²) in [6.07, 6.45) is 2.43. The highest BCUT2D eigenvalue weighted by molar-refractivity contribution is 7.92. The van der Waals surface area contributed by atoms with Gasteiger partial charge in [0, 0.05) is 43.0 Å². The fraction of sp³-hybridized carbons (Fsp3) is 0.469. The normalized spacial score (nSPS) is 22.6. The smallest absolute Gasteiger partial charge is 0.264 e. The van der Waals surface area contributed by atoms with Crippen LogP contribution in [-0.4, -0.2) is 49.4 Å². The Morgan fingerprint density at radius 3 is 2.46 bits per heavy atom. The first-order valence-corrected chi connectivity index (χ1v) is 15.8. The van der Waals surface area contributed by atoms with Crippen LogP contribution in [0, 0.1) is 31.1 Å². The summed E-state index contributed by atoms with van der Waals surface area (Å²) in [6, 6.07) is 14.8. The zero-order valence-corrected chi connectivity index (χ0v) is 25.6. The van der Waals surface area contributed by atoms with Crippen LogP contribution in [0.25, 0.3) is 11.3 Å². The molecule has 2 aromatic carbocycles. The highest BCUT2D eigenvalue weighted by Gasteiger charge is 2.41. The summed E-state index contributed by atoms with van der Waals surface area (Å²) >= 11 is 0. The van der Waals surface area contributed by atoms with E-state index in [-0.39, 0.29) is 39.9 Å². The van der Waals surface area contributed by atoms with Crippen molar-refractivity contribution in [1.82, 2.24) is 14.9 Å². The van der Waals surface area contributed by atoms with Crippen molar-refractivity contribution < 1.29 is 17.9 Å². The quantitative estimate of drug-likeness (QED) is 0.413. The molecule has 0 spiro atoms. The van der Waals surface area contributed by atoms with Gasteiger partial charge in [0.2, 0.25) is 17.7 Å². The third-order valence-corrected chi connectivity index (χ3v) is 9.51. The number of carbonyl (C=O) groups excluding carboxylic acids is 1. The third-order valence-electron chi connectivity index (χ3n) is 8.18. The number of carbonyl (C=O) groups is 1. The molecule has 41 heavy (non-hydrogen) atoms. The van der Waals surface area contributed by atoms with E-state index in [0.717, 1.165) is 48.1 Å². The number of fused-ring (bicyclic) bond motifs is 4. The molecule has 3 heterocycles. The number of anilines is 1. The van der Waals surface area contributed by atoms with Crippen molar-refractivity contribution in [3.05, 3.63) is 65.2 Å². The number of sulfonamides is 1. The van der Waals surface area contributed by atoms with Crippen molar-refractivity contribution in [3.8, 4) is 17.1 Å². The summed E-state index contributed by atoms with van der Waals surface area (Å²) in [5, 5.41) is 0. The maximum atomic E-state index is 13.7. The molecule has 1 aromatic heterocycles. The van der Waals surface area contributed by atoms with E-state index in [1.54, 1.807) is 29.2 Å². The lowest BCUT2D eigenvalue weighted by atomic mass is 9.69. The van der Waals surface area contributed by atoms with E-state index >= 15 is 0 Å². The minimum atomic E-state index is -4.02. The largest absolute Gasteiger partial charge is 0.477 e. The fourth-order valence-corrected chi connectivity index (χ4v) is 7.46. The molecule has 0 aliphatic carbocycles. The van der Waals surface area contributed by atoms with Crippen LogP contribution >= 0.6 is 0 Å². The second kappa shape index (κ2) is 11.1. The lowest BCUT2D eigenvalue weighted by Gasteiger charge is -2.40. The number of nitrogens with zero attached hydrogens (tertiary/aromatic N) is 3. The van der Waals surface area contributed by atoms with Crippen LogP contribution in [0.1, 0.15) is 62.6 Å². The summed E-state index contributed by atoms with van der Waals surface area (Å²) < 4.78 is 36.4. The first kappa shape index (κ1) is 29.0. The molecule has 1 N–H and O–H groups in total. The number of benzene rings is 2. The van der Waals surface area contributed by atoms with Crippen LogP contribution in [0.3, 0.4) is 0 Å². The number of piperidine rings is 1. The lowest BCUT2D eigenvalue weighted by Crippen LogP contribution is -2.43. The van der Waals surface area contributed by atoms with Crippen LogP contribution in [0.2, 0.25) is 0 Å². The summed E-state index contributed by atoms with van der Waals surface area (Å²) in [4.78, 5) is 24.6. The Balaban J connectivity index is 1.69. The van der Waals surface area contributed by atoms with Gasteiger partial charge in [-0.1, -0.05) is 51.1 Å². The summed E-state index contributed by atoms with van der Waals surface area (Å²) in [6.45, 7) is 11.6. The van der Waals surface area contributed by atoms with Gasteiger partial charge in [-0.2, -0.15) is 4.98 Å². The monoisotopic (exact) mass is 576 g/mol. The van der Waals surface area contributed by atoms with Gasteiger partial charge in [-0.3, -0.25) is 4.79 Å². The molecular formula is C32H40N4O4S. The average molecular weight is 577 g/mol. The van der Waals surface area contributed by atoms with Gasteiger partial charge in [-0.25, -0.2) is 18.1 Å². The zero-order chi connectivity index (χ0) is 29.5. The van der Waals surface area contributed by atoms with Crippen molar-refractivity contribution in [1.29, 1.82) is 0 Å². The van der Waals surface area contributed by atoms with Gasteiger partial charge in [-0.15, -0.1) is 0 Å². The molecule has 1 saturated heterocycles. The van der Waals surface area contributed by atoms with Crippen molar-refractivity contribution in [3.63, 3.8) is 0 Å². The van der Waals surface area contributed by atoms with Crippen molar-refractivity contribution in [2.75, 3.05) is 24.9 Å². The average Bonchev–Trinajstić information content (AvgIpc) is 2.88. The number of likely N-dealkylation sites (tertiary alicyclic amines) is 1. The molecule has 0 radical (unpaired) electrons. The van der Waals surface area contributed by atoms with Gasteiger partial charge in [0.05, 0.1) is 17.2 Å². The van der Waals surface area contributed by atoms with E-state index in [1.165, 1.54) is 0 Å². The van der Waals surface area contributed by atoms with E-state index in [9.17, 15) is 13.2 Å². The predicted molar refractivity (Wildman–Crippen MR) is 160 cm³/mol. The van der Waals surface area contributed by atoms with E-state index in [2.05, 4.69) is 35.5 Å². The van der Waals surface area contributed by atoms with Crippen molar-refractivity contribution in [2.45, 2.75) is 64.7 Å². The first-order chi connectivity index (χ1) is 19.3. The van der Waals surface area contributed by atoms with E-state index in [1.807, 2.05) is 45.2 Å². The zero-order valence-electron chi connectivity index (χ0n) is 24.8. The number of rotatable bonds is 3. The van der Waals surface area contributed by atoms with Gasteiger partial charge in [0.25, 0.3) is 10.0 Å². The number of nitrogens with one attached hydrogen (secondary N) is 1. The second-order valence-electron chi connectivity index (χ2n) is 12.7. The molecule has 2 aliphatic rings. The molecule has 9 heteroatoms. The molecule has 2 aliphatic heterocycles. The lowest BCUT2D eigenvalue weighted by molar-refractivity contribution is -0.138. The number of aryl methyl sites for hydroxylation is 2. The number of aromatic nitrogens is 2. The Morgan fingerprint density at radius 1 is 1.05 bits per heavy atom. The van der Waals surface area contributed by atoms with Crippen LogP contribution in [-0.2, 0) is 14.8 Å². The maximum absolute atomic E-state index is 13.7. The molecule has 0 saturated carbocycles. The van der Waals surface area contributed by atoms with Gasteiger partial charge < -0.3 is 9.64 Å². The van der Waals surface area contributed by atoms with Gasteiger partial charge in [-0.05, 0) is 67.3 Å². The fourth-order valence-electron chi connectivity index (χ4n) is 6.46. The third kappa shape index (κ3) is 6.25. The Kier molecular flexibility index (Phi) is 7.85. The van der Waals surface area contributed by atoms with Crippen LogP contribution in [0.5, 0.6) is 5.88 Å². The minimum Gasteiger partial charge on any atom is -0.477 e.